The van der Waals surface area contributed by atoms with Crippen molar-refractivity contribution in [3.8, 4) is 0 Å². The van der Waals surface area contributed by atoms with Gasteiger partial charge < -0.3 is 0 Å². The SMILES string of the molecule is CC(C)Cc1ccc(C(C)N=C=O)cc1Cl. The highest BCUT2D eigenvalue weighted by molar-refractivity contribution is 6.31. The Hall–Kier alpha value is -1.11. The molecule has 0 radical (unpaired) electrons. The highest BCUT2D eigenvalue weighted by Crippen LogP contribution is 2.25. The number of halogens is 1. The Balaban J connectivity index is 2.94. The molecule has 3 heteroatoms. The lowest BCUT2D eigenvalue weighted by atomic mass is 10.00. The largest absolute Gasteiger partial charge is 0.235 e. The summed E-state index contributed by atoms with van der Waals surface area (Å²) >= 11 is 6.18. The summed E-state index contributed by atoms with van der Waals surface area (Å²) in [6.45, 7) is 6.16. The number of isocyanates is 1. The van der Waals surface area contributed by atoms with Crippen molar-refractivity contribution in [3.63, 3.8) is 0 Å². The van der Waals surface area contributed by atoms with Crippen LogP contribution in [-0.2, 0) is 11.2 Å². The lowest BCUT2D eigenvalue weighted by Gasteiger charge is -2.10. The van der Waals surface area contributed by atoms with Crippen molar-refractivity contribution in [2.75, 3.05) is 0 Å². The minimum Gasteiger partial charge on any atom is -0.211 e. The minimum absolute atomic E-state index is 0.178. The van der Waals surface area contributed by atoms with Crippen molar-refractivity contribution in [2.24, 2.45) is 10.9 Å². The van der Waals surface area contributed by atoms with Crippen molar-refractivity contribution in [2.45, 2.75) is 33.2 Å². The molecule has 16 heavy (non-hydrogen) atoms. The van der Waals surface area contributed by atoms with Gasteiger partial charge in [0.2, 0.25) is 6.08 Å². The van der Waals surface area contributed by atoms with Gasteiger partial charge in [-0.3, -0.25) is 0 Å². The number of hydrogen-bond acceptors (Lipinski definition) is 2. The van der Waals surface area contributed by atoms with E-state index in [0.29, 0.717) is 5.92 Å². The summed E-state index contributed by atoms with van der Waals surface area (Å²) < 4.78 is 0. The fourth-order valence-corrected chi connectivity index (χ4v) is 1.85. The molecular formula is C13H16ClNO. The maximum atomic E-state index is 10.2. The molecule has 0 aliphatic rings. The first-order chi connectivity index (χ1) is 7.54. The van der Waals surface area contributed by atoms with E-state index in [1.165, 1.54) is 0 Å². The Kier molecular flexibility index (Phi) is 4.72. The lowest BCUT2D eigenvalue weighted by Crippen LogP contribution is -1.97. The van der Waals surface area contributed by atoms with Crippen LogP contribution >= 0.6 is 11.6 Å². The van der Waals surface area contributed by atoms with E-state index in [1.807, 2.05) is 25.1 Å². The van der Waals surface area contributed by atoms with E-state index >= 15 is 0 Å². The average molecular weight is 238 g/mol. The second-order valence-electron chi connectivity index (χ2n) is 4.35. The molecule has 0 fully saturated rings. The van der Waals surface area contributed by atoms with Crippen molar-refractivity contribution >= 4 is 17.7 Å². The molecule has 1 unspecified atom stereocenters. The van der Waals surface area contributed by atoms with Gasteiger partial charge in [0, 0.05) is 5.02 Å². The summed E-state index contributed by atoms with van der Waals surface area (Å²) in [6.07, 6.45) is 2.53. The third-order valence-corrected chi connectivity index (χ3v) is 2.79. The van der Waals surface area contributed by atoms with Crippen molar-refractivity contribution in [1.29, 1.82) is 0 Å². The minimum atomic E-state index is -0.178. The van der Waals surface area contributed by atoms with Crippen LogP contribution in [-0.4, -0.2) is 6.08 Å². The van der Waals surface area contributed by atoms with Crippen LogP contribution < -0.4 is 0 Å². The molecule has 86 valence electrons. The van der Waals surface area contributed by atoms with Crippen LogP contribution in [0.25, 0.3) is 0 Å². The number of aliphatic imine (C=N–C) groups is 1. The standard InChI is InChI=1S/C13H16ClNO/c1-9(2)6-12-5-4-11(7-13(12)14)10(3)15-8-16/h4-5,7,9-10H,6H2,1-3H3. The number of benzene rings is 1. The van der Waals surface area contributed by atoms with Gasteiger partial charge >= 0.3 is 0 Å². The third-order valence-electron chi connectivity index (χ3n) is 2.43. The number of nitrogens with zero attached hydrogens (tertiary/aromatic N) is 1. The molecule has 2 nitrogen and oxygen atoms in total. The molecule has 0 aromatic heterocycles. The lowest BCUT2D eigenvalue weighted by molar-refractivity contribution is 0.559. The molecule has 0 saturated heterocycles. The van der Waals surface area contributed by atoms with E-state index in [-0.39, 0.29) is 6.04 Å². The number of hydrogen-bond donors (Lipinski definition) is 0. The Bertz CT molecular complexity index is 408. The summed E-state index contributed by atoms with van der Waals surface area (Å²) in [6, 6.07) is 5.68. The van der Waals surface area contributed by atoms with Gasteiger partial charge in [0.25, 0.3) is 0 Å². The van der Waals surface area contributed by atoms with Crippen LogP contribution in [0.15, 0.2) is 23.2 Å². The quantitative estimate of drug-likeness (QED) is 0.576. The van der Waals surface area contributed by atoms with Gasteiger partial charge in [0.15, 0.2) is 0 Å². The average Bonchev–Trinajstić information content (AvgIpc) is 2.20. The van der Waals surface area contributed by atoms with Gasteiger partial charge in [0.05, 0.1) is 6.04 Å². The molecule has 0 aliphatic heterocycles. The summed E-state index contributed by atoms with van der Waals surface area (Å²) in [5, 5.41) is 0.749. The molecule has 1 aromatic carbocycles. The summed E-state index contributed by atoms with van der Waals surface area (Å²) in [7, 11) is 0. The molecule has 0 saturated carbocycles. The first-order valence-electron chi connectivity index (χ1n) is 5.40. The Morgan fingerprint density at radius 2 is 2.06 bits per heavy atom. The summed E-state index contributed by atoms with van der Waals surface area (Å²) in [5.41, 5.74) is 2.09. The van der Waals surface area contributed by atoms with Crippen LogP contribution in [0.3, 0.4) is 0 Å². The van der Waals surface area contributed by atoms with E-state index in [4.69, 9.17) is 11.6 Å². The smallest absolute Gasteiger partial charge is 0.211 e. The Labute approximate surface area is 101 Å². The summed E-state index contributed by atoms with van der Waals surface area (Å²) in [4.78, 5) is 13.8. The first-order valence-corrected chi connectivity index (χ1v) is 5.77. The Morgan fingerprint density at radius 3 is 2.56 bits per heavy atom. The molecule has 1 rings (SSSR count). The maximum absolute atomic E-state index is 10.2. The molecule has 0 N–H and O–H groups in total. The third kappa shape index (κ3) is 3.48. The molecule has 1 aromatic rings. The molecular weight excluding hydrogens is 222 g/mol. The predicted octanol–water partition coefficient (Wildman–Crippen LogP) is 3.94. The fourth-order valence-electron chi connectivity index (χ4n) is 1.58. The van der Waals surface area contributed by atoms with E-state index in [9.17, 15) is 4.79 Å². The zero-order valence-electron chi connectivity index (χ0n) is 9.83. The molecule has 0 heterocycles. The van der Waals surface area contributed by atoms with Crippen LogP contribution in [0, 0.1) is 5.92 Å². The van der Waals surface area contributed by atoms with Crippen molar-refractivity contribution < 1.29 is 4.79 Å². The monoisotopic (exact) mass is 237 g/mol. The zero-order chi connectivity index (χ0) is 12.1. The van der Waals surface area contributed by atoms with Crippen molar-refractivity contribution in [3.05, 3.63) is 34.3 Å². The van der Waals surface area contributed by atoms with E-state index in [1.54, 1.807) is 6.08 Å². The van der Waals surface area contributed by atoms with Gasteiger partial charge in [-0.05, 0) is 36.5 Å². The topological polar surface area (TPSA) is 29.4 Å². The predicted molar refractivity (Wildman–Crippen MR) is 66.5 cm³/mol. The highest BCUT2D eigenvalue weighted by Gasteiger charge is 2.08. The van der Waals surface area contributed by atoms with Crippen molar-refractivity contribution in [1.82, 2.24) is 0 Å². The fraction of sp³-hybridized carbons (Fsp3) is 0.462. The van der Waals surface area contributed by atoms with Crippen LogP contribution in [0.1, 0.15) is 37.9 Å². The second kappa shape index (κ2) is 5.83. The van der Waals surface area contributed by atoms with E-state index < -0.39 is 0 Å². The molecule has 0 spiro atoms. The number of carbonyl (C=O) groups excluding carboxylic acids is 1. The van der Waals surface area contributed by atoms with Crippen LogP contribution in [0.2, 0.25) is 5.02 Å². The summed E-state index contributed by atoms with van der Waals surface area (Å²) in [5.74, 6) is 0.578. The van der Waals surface area contributed by atoms with Gasteiger partial charge in [-0.1, -0.05) is 37.6 Å². The van der Waals surface area contributed by atoms with Gasteiger partial charge in [-0.2, -0.15) is 4.99 Å². The van der Waals surface area contributed by atoms with Crippen LogP contribution in [0.4, 0.5) is 0 Å². The van der Waals surface area contributed by atoms with E-state index in [0.717, 1.165) is 22.6 Å². The zero-order valence-corrected chi connectivity index (χ0v) is 10.6. The number of rotatable bonds is 4. The van der Waals surface area contributed by atoms with Gasteiger partial charge in [-0.25, -0.2) is 4.79 Å². The van der Waals surface area contributed by atoms with Gasteiger partial charge in [0.1, 0.15) is 0 Å². The molecule has 1 atom stereocenters. The molecule has 0 amide bonds. The highest BCUT2D eigenvalue weighted by atomic mass is 35.5. The van der Waals surface area contributed by atoms with Gasteiger partial charge in [-0.15, -0.1) is 0 Å². The van der Waals surface area contributed by atoms with Crippen LogP contribution in [0.5, 0.6) is 0 Å². The maximum Gasteiger partial charge on any atom is 0.235 e. The van der Waals surface area contributed by atoms with E-state index in [2.05, 4.69) is 18.8 Å². The first kappa shape index (κ1) is 13.0. The Morgan fingerprint density at radius 1 is 1.38 bits per heavy atom. The molecule has 0 bridgehead atoms. The normalized spacial score (nSPS) is 12.3. The second-order valence-corrected chi connectivity index (χ2v) is 4.75. The molecule has 0 aliphatic carbocycles.